The van der Waals surface area contributed by atoms with Crippen LogP contribution in [0.25, 0.3) is 0 Å². The lowest BCUT2D eigenvalue weighted by molar-refractivity contribution is 0.0991. The molecule has 0 aliphatic carbocycles. The molecule has 0 aliphatic heterocycles. The fraction of sp³-hybridized carbons (Fsp3) is 0.227. The molecule has 0 bridgehead atoms. The maximum Gasteiger partial charge on any atom is 0.291 e. The SMILES string of the molecule is Cc1cc(OCc2ccc(C(=O)Nc3c(F)c(F)c(F)c(F)c3F)o2)c(C(C)C)cc1Cl. The van der Waals surface area contributed by atoms with Gasteiger partial charge in [-0.25, -0.2) is 22.0 Å². The van der Waals surface area contributed by atoms with Crippen molar-refractivity contribution in [2.24, 2.45) is 0 Å². The van der Waals surface area contributed by atoms with E-state index in [1.807, 2.05) is 20.8 Å². The lowest BCUT2D eigenvalue weighted by atomic mass is 10.0. The number of nitrogens with one attached hydrogen (secondary N) is 1. The Hall–Kier alpha value is -3.07. The van der Waals surface area contributed by atoms with Gasteiger partial charge in [0.25, 0.3) is 5.91 Å². The van der Waals surface area contributed by atoms with Crippen molar-refractivity contribution < 1.29 is 35.9 Å². The number of rotatable bonds is 6. The molecule has 0 fully saturated rings. The summed E-state index contributed by atoms with van der Waals surface area (Å²) < 4.78 is 78.3. The van der Waals surface area contributed by atoms with Gasteiger partial charge >= 0.3 is 0 Å². The first-order valence-electron chi connectivity index (χ1n) is 9.35. The Morgan fingerprint density at radius 1 is 1.03 bits per heavy atom. The Kier molecular flexibility index (Phi) is 6.78. The number of anilines is 1. The zero-order chi connectivity index (χ0) is 23.7. The second-order valence-electron chi connectivity index (χ2n) is 7.25. The molecule has 0 unspecified atom stereocenters. The third-order valence-corrected chi connectivity index (χ3v) is 5.02. The molecule has 1 N–H and O–H groups in total. The van der Waals surface area contributed by atoms with Crippen LogP contribution in [-0.2, 0) is 6.61 Å². The second-order valence-corrected chi connectivity index (χ2v) is 7.65. The molecule has 0 radical (unpaired) electrons. The molecule has 0 spiro atoms. The van der Waals surface area contributed by atoms with Gasteiger partial charge in [-0.2, -0.15) is 0 Å². The number of furan rings is 1. The van der Waals surface area contributed by atoms with Crippen LogP contribution in [0.2, 0.25) is 5.02 Å². The van der Waals surface area contributed by atoms with Crippen molar-refractivity contribution in [3.8, 4) is 5.75 Å². The predicted octanol–water partition coefficient (Wildman–Crippen LogP) is 6.89. The van der Waals surface area contributed by atoms with Gasteiger partial charge < -0.3 is 14.5 Å². The molecular formula is C22H17ClF5NO3. The monoisotopic (exact) mass is 473 g/mol. The lowest BCUT2D eigenvalue weighted by Gasteiger charge is -2.15. The molecule has 3 rings (SSSR count). The number of carbonyl (C=O) groups excluding carboxylic acids is 1. The van der Waals surface area contributed by atoms with E-state index in [1.165, 1.54) is 12.1 Å². The van der Waals surface area contributed by atoms with Crippen LogP contribution in [0.15, 0.2) is 28.7 Å². The number of benzene rings is 2. The first-order valence-corrected chi connectivity index (χ1v) is 9.73. The Morgan fingerprint density at radius 2 is 1.62 bits per heavy atom. The van der Waals surface area contributed by atoms with Crippen LogP contribution in [0.4, 0.5) is 27.6 Å². The van der Waals surface area contributed by atoms with E-state index in [0.29, 0.717) is 10.8 Å². The minimum Gasteiger partial charge on any atom is -0.485 e. The zero-order valence-electron chi connectivity index (χ0n) is 17.1. The van der Waals surface area contributed by atoms with Crippen LogP contribution >= 0.6 is 11.6 Å². The summed E-state index contributed by atoms with van der Waals surface area (Å²) in [5.74, 6) is -11.8. The van der Waals surface area contributed by atoms with Gasteiger partial charge in [-0.3, -0.25) is 4.79 Å². The molecule has 0 saturated carbocycles. The van der Waals surface area contributed by atoms with Crippen molar-refractivity contribution in [2.75, 3.05) is 5.32 Å². The van der Waals surface area contributed by atoms with Crippen LogP contribution < -0.4 is 10.1 Å². The molecule has 0 atom stereocenters. The van der Waals surface area contributed by atoms with Crippen molar-refractivity contribution in [3.05, 3.63) is 81.0 Å². The first-order chi connectivity index (χ1) is 15.0. The molecule has 0 saturated heterocycles. The van der Waals surface area contributed by atoms with Gasteiger partial charge in [0.05, 0.1) is 0 Å². The van der Waals surface area contributed by atoms with E-state index < -0.39 is 46.4 Å². The fourth-order valence-corrected chi connectivity index (χ4v) is 3.03. The van der Waals surface area contributed by atoms with Crippen molar-refractivity contribution in [3.63, 3.8) is 0 Å². The summed E-state index contributed by atoms with van der Waals surface area (Å²) in [6, 6.07) is 6.11. The Bertz CT molecular complexity index is 1160. The molecule has 2 aromatic carbocycles. The third kappa shape index (κ3) is 4.57. The smallest absolute Gasteiger partial charge is 0.291 e. The highest BCUT2D eigenvalue weighted by atomic mass is 35.5. The highest BCUT2D eigenvalue weighted by Gasteiger charge is 2.27. The Balaban J connectivity index is 1.76. The summed E-state index contributed by atoms with van der Waals surface area (Å²) in [6.45, 7) is 5.65. The molecule has 1 aromatic heterocycles. The number of halogens is 6. The zero-order valence-corrected chi connectivity index (χ0v) is 17.8. The molecule has 10 heteroatoms. The van der Waals surface area contributed by atoms with Crippen LogP contribution in [-0.4, -0.2) is 5.91 Å². The van der Waals surface area contributed by atoms with Gasteiger partial charge in [-0.15, -0.1) is 0 Å². The summed E-state index contributed by atoms with van der Waals surface area (Å²) in [5.41, 5.74) is 0.184. The number of hydrogen-bond acceptors (Lipinski definition) is 3. The molecule has 170 valence electrons. The fourth-order valence-electron chi connectivity index (χ4n) is 2.86. The van der Waals surface area contributed by atoms with E-state index in [9.17, 15) is 26.7 Å². The molecular weight excluding hydrogens is 457 g/mol. The van der Waals surface area contributed by atoms with Gasteiger partial charge in [0.15, 0.2) is 29.0 Å². The molecule has 4 nitrogen and oxygen atoms in total. The normalized spacial score (nSPS) is 11.2. The van der Waals surface area contributed by atoms with Gasteiger partial charge in [0.1, 0.15) is 23.8 Å². The Labute approximate surface area is 184 Å². The van der Waals surface area contributed by atoms with E-state index in [0.717, 1.165) is 11.1 Å². The second kappa shape index (κ2) is 9.20. The summed E-state index contributed by atoms with van der Waals surface area (Å²) in [6.07, 6.45) is 0. The average molecular weight is 474 g/mol. The highest BCUT2D eigenvalue weighted by molar-refractivity contribution is 6.31. The Morgan fingerprint density at radius 3 is 2.22 bits per heavy atom. The summed E-state index contributed by atoms with van der Waals surface area (Å²) in [7, 11) is 0. The first kappa shape index (κ1) is 23.6. The van der Waals surface area contributed by atoms with Crippen LogP contribution in [0.1, 0.15) is 47.2 Å². The van der Waals surface area contributed by atoms with E-state index in [-0.39, 0.29) is 18.3 Å². The van der Waals surface area contributed by atoms with E-state index in [4.69, 9.17) is 20.8 Å². The minimum atomic E-state index is -2.33. The number of carbonyl (C=O) groups is 1. The average Bonchev–Trinajstić information content (AvgIpc) is 3.23. The van der Waals surface area contributed by atoms with Crippen molar-refractivity contribution in [2.45, 2.75) is 33.3 Å². The molecule has 1 amide bonds. The largest absolute Gasteiger partial charge is 0.485 e. The van der Waals surface area contributed by atoms with Crippen LogP contribution in [0.3, 0.4) is 0 Å². The van der Waals surface area contributed by atoms with Crippen LogP contribution in [0, 0.1) is 36.0 Å². The van der Waals surface area contributed by atoms with Gasteiger partial charge in [0.2, 0.25) is 5.82 Å². The summed E-state index contributed by atoms with van der Waals surface area (Å²) in [4.78, 5) is 12.2. The maximum absolute atomic E-state index is 13.8. The highest BCUT2D eigenvalue weighted by Crippen LogP contribution is 2.33. The standard InChI is InChI=1S/C22H17ClF5NO3/c1-9(2)12-7-13(23)10(3)6-15(12)31-8-11-4-5-14(32-11)22(30)29-21-19(27)17(25)16(24)18(26)20(21)28/h4-7,9H,8H2,1-3H3,(H,29,30). The van der Waals surface area contributed by atoms with E-state index >= 15 is 0 Å². The number of aryl methyl sites for hydroxylation is 1. The molecule has 3 aromatic rings. The maximum atomic E-state index is 13.8. The summed E-state index contributed by atoms with van der Waals surface area (Å²) >= 11 is 6.16. The summed E-state index contributed by atoms with van der Waals surface area (Å²) in [5, 5.41) is 2.23. The third-order valence-electron chi connectivity index (χ3n) is 4.62. The number of hydrogen-bond donors (Lipinski definition) is 1. The quantitative estimate of drug-likeness (QED) is 0.241. The van der Waals surface area contributed by atoms with Crippen molar-refractivity contribution in [1.29, 1.82) is 0 Å². The number of amides is 1. The van der Waals surface area contributed by atoms with Crippen molar-refractivity contribution in [1.82, 2.24) is 0 Å². The van der Waals surface area contributed by atoms with E-state index in [2.05, 4.69) is 0 Å². The molecule has 32 heavy (non-hydrogen) atoms. The van der Waals surface area contributed by atoms with Crippen molar-refractivity contribution >= 4 is 23.2 Å². The predicted molar refractivity (Wildman–Crippen MR) is 108 cm³/mol. The lowest BCUT2D eigenvalue weighted by Crippen LogP contribution is -2.16. The molecule has 0 aliphatic rings. The number of ether oxygens (including phenoxy) is 1. The molecule has 1 heterocycles. The minimum absolute atomic E-state index is 0.0867. The van der Waals surface area contributed by atoms with Gasteiger partial charge in [-0.05, 0) is 48.2 Å². The topological polar surface area (TPSA) is 51.5 Å². The van der Waals surface area contributed by atoms with E-state index in [1.54, 1.807) is 17.4 Å². The van der Waals surface area contributed by atoms with Crippen LogP contribution in [0.5, 0.6) is 5.75 Å². The van der Waals surface area contributed by atoms with Gasteiger partial charge in [-0.1, -0.05) is 25.4 Å². The van der Waals surface area contributed by atoms with Gasteiger partial charge in [0, 0.05) is 5.02 Å².